The highest BCUT2D eigenvalue weighted by Crippen LogP contribution is 1.96. The van der Waals surface area contributed by atoms with Crippen molar-refractivity contribution in [1.29, 1.82) is 0 Å². The summed E-state index contributed by atoms with van der Waals surface area (Å²) in [5, 5.41) is 0. The standard InChI is InChI=1S/C11H19NO3/c1-5-7-14-9-10(2)11(13)15-8-6-12(3)4/h5H,1-2,6-9H2,3-4H3. The molecule has 0 spiro atoms. The van der Waals surface area contributed by atoms with Gasteiger partial charge in [0.1, 0.15) is 6.61 Å². The van der Waals surface area contributed by atoms with Crippen LogP contribution >= 0.6 is 0 Å². The molecule has 0 radical (unpaired) electrons. The summed E-state index contributed by atoms with van der Waals surface area (Å²) >= 11 is 0. The average Bonchev–Trinajstić information content (AvgIpc) is 2.17. The maximum atomic E-state index is 11.3. The van der Waals surface area contributed by atoms with Gasteiger partial charge in [-0.25, -0.2) is 4.79 Å². The molecule has 0 unspecified atom stereocenters. The molecule has 86 valence electrons. The minimum Gasteiger partial charge on any atom is -0.461 e. The molecule has 15 heavy (non-hydrogen) atoms. The lowest BCUT2D eigenvalue weighted by Gasteiger charge is -2.10. The van der Waals surface area contributed by atoms with Gasteiger partial charge in [-0.15, -0.1) is 6.58 Å². The van der Waals surface area contributed by atoms with Gasteiger partial charge in [0, 0.05) is 6.54 Å². The molecule has 0 aromatic rings. The van der Waals surface area contributed by atoms with E-state index in [1.807, 2.05) is 19.0 Å². The van der Waals surface area contributed by atoms with Crippen molar-refractivity contribution in [2.24, 2.45) is 0 Å². The lowest BCUT2D eigenvalue weighted by Crippen LogP contribution is -2.21. The Balaban J connectivity index is 3.60. The third-order valence-corrected chi connectivity index (χ3v) is 1.57. The molecule has 0 amide bonds. The number of hydrogen-bond donors (Lipinski definition) is 0. The van der Waals surface area contributed by atoms with E-state index in [9.17, 15) is 4.79 Å². The van der Waals surface area contributed by atoms with Crippen molar-refractivity contribution in [3.8, 4) is 0 Å². The Morgan fingerprint density at radius 3 is 2.67 bits per heavy atom. The van der Waals surface area contributed by atoms with Crippen LogP contribution < -0.4 is 0 Å². The van der Waals surface area contributed by atoms with Crippen LogP contribution in [-0.2, 0) is 14.3 Å². The zero-order valence-corrected chi connectivity index (χ0v) is 9.49. The Morgan fingerprint density at radius 2 is 2.13 bits per heavy atom. The number of carbonyl (C=O) groups excluding carboxylic acids is 1. The lowest BCUT2D eigenvalue weighted by atomic mass is 10.3. The van der Waals surface area contributed by atoms with Crippen molar-refractivity contribution >= 4 is 5.97 Å². The van der Waals surface area contributed by atoms with E-state index in [2.05, 4.69) is 13.2 Å². The first-order chi connectivity index (χ1) is 7.07. The molecule has 0 N–H and O–H groups in total. The van der Waals surface area contributed by atoms with Crippen LogP contribution in [0.15, 0.2) is 24.8 Å². The number of esters is 1. The molecule has 0 saturated carbocycles. The van der Waals surface area contributed by atoms with Crippen LogP contribution in [0.2, 0.25) is 0 Å². The molecule has 0 heterocycles. The molecule has 0 fully saturated rings. The third-order valence-electron chi connectivity index (χ3n) is 1.57. The van der Waals surface area contributed by atoms with Crippen molar-refractivity contribution in [2.45, 2.75) is 0 Å². The largest absolute Gasteiger partial charge is 0.461 e. The zero-order valence-electron chi connectivity index (χ0n) is 9.49. The summed E-state index contributed by atoms with van der Waals surface area (Å²) in [6.07, 6.45) is 1.62. The van der Waals surface area contributed by atoms with E-state index < -0.39 is 5.97 Å². The molecule has 0 saturated heterocycles. The SMILES string of the molecule is C=CCOCC(=C)C(=O)OCCN(C)C. The van der Waals surface area contributed by atoms with Crippen molar-refractivity contribution in [2.75, 3.05) is 40.5 Å². The highest BCUT2D eigenvalue weighted by molar-refractivity contribution is 5.87. The van der Waals surface area contributed by atoms with Crippen LogP contribution in [-0.4, -0.2) is 51.3 Å². The number of hydrogen-bond acceptors (Lipinski definition) is 4. The fourth-order valence-corrected chi connectivity index (χ4v) is 0.747. The molecule has 0 aromatic carbocycles. The van der Waals surface area contributed by atoms with Crippen LogP contribution in [0, 0.1) is 0 Å². The maximum Gasteiger partial charge on any atom is 0.335 e. The fourth-order valence-electron chi connectivity index (χ4n) is 0.747. The van der Waals surface area contributed by atoms with Gasteiger partial charge in [-0.1, -0.05) is 12.7 Å². The zero-order chi connectivity index (χ0) is 11.7. The molecule has 4 heteroatoms. The van der Waals surface area contributed by atoms with E-state index in [1.54, 1.807) is 6.08 Å². The number of rotatable bonds is 8. The second-order valence-electron chi connectivity index (χ2n) is 3.35. The van der Waals surface area contributed by atoms with Crippen LogP contribution in [0.3, 0.4) is 0 Å². The number of nitrogens with zero attached hydrogens (tertiary/aromatic N) is 1. The first-order valence-electron chi connectivity index (χ1n) is 4.76. The average molecular weight is 213 g/mol. The predicted octanol–water partition coefficient (Wildman–Crippen LogP) is 0.850. The second kappa shape index (κ2) is 8.20. The number of ether oxygens (including phenoxy) is 2. The topological polar surface area (TPSA) is 38.8 Å². The van der Waals surface area contributed by atoms with E-state index in [-0.39, 0.29) is 6.61 Å². The summed E-state index contributed by atoms with van der Waals surface area (Å²) in [7, 11) is 3.83. The summed E-state index contributed by atoms with van der Waals surface area (Å²) in [6.45, 7) is 8.73. The molecular weight excluding hydrogens is 194 g/mol. The summed E-state index contributed by atoms with van der Waals surface area (Å²) < 4.78 is 10.0. The Kier molecular flexibility index (Phi) is 7.58. The first kappa shape index (κ1) is 13.9. The molecule has 0 aliphatic heterocycles. The quantitative estimate of drug-likeness (QED) is 0.259. The minimum atomic E-state index is -0.402. The van der Waals surface area contributed by atoms with Gasteiger partial charge in [-0.2, -0.15) is 0 Å². The fraction of sp³-hybridized carbons (Fsp3) is 0.545. The van der Waals surface area contributed by atoms with Gasteiger partial charge in [0.2, 0.25) is 0 Å². The third kappa shape index (κ3) is 7.90. The van der Waals surface area contributed by atoms with E-state index in [1.165, 1.54) is 0 Å². The molecule has 0 rings (SSSR count). The van der Waals surface area contributed by atoms with E-state index >= 15 is 0 Å². The minimum absolute atomic E-state index is 0.187. The van der Waals surface area contributed by atoms with Gasteiger partial charge in [-0.05, 0) is 14.1 Å². The van der Waals surface area contributed by atoms with E-state index in [0.717, 1.165) is 0 Å². The maximum absolute atomic E-state index is 11.3. The van der Waals surface area contributed by atoms with Gasteiger partial charge >= 0.3 is 5.97 Å². The Labute approximate surface area is 91.2 Å². The van der Waals surface area contributed by atoms with Crippen LogP contribution in [0.4, 0.5) is 0 Å². The van der Waals surface area contributed by atoms with Gasteiger partial charge in [-0.3, -0.25) is 0 Å². The number of carbonyl (C=O) groups is 1. The lowest BCUT2D eigenvalue weighted by molar-refractivity contribution is -0.139. The monoisotopic (exact) mass is 213 g/mol. The van der Waals surface area contributed by atoms with E-state index in [4.69, 9.17) is 9.47 Å². The molecule has 0 aromatic heterocycles. The summed E-state index contributed by atoms with van der Waals surface area (Å²) in [4.78, 5) is 13.2. The molecule has 4 nitrogen and oxygen atoms in total. The van der Waals surface area contributed by atoms with Gasteiger partial charge in [0.15, 0.2) is 0 Å². The molecule has 0 bridgehead atoms. The smallest absolute Gasteiger partial charge is 0.335 e. The van der Waals surface area contributed by atoms with Crippen molar-refractivity contribution in [1.82, 2.24) is 4.90 Å². The molecular formula is C11H19NO3. The Hall–Kier alpha value is -1.13. The van der Waals surface area contributed by atoms with Gasteiger partial charge < -0.3 is 14.4 Å². The Bertz CT molecular complexity index is 224. The highest BCUT2D eigenvalue weighted by atomic mass is 16.5. The van der Waals surface area contributed by atoms with Crippen molar-refractivity contribution in [3.05, 3.63) is 24.8 Å². The Morgan fingerprint density at radius 1 is 1.47 bits per heavy atom. The summed E-state index contributed by atoms with van der Waals surface area (Å²) in [5.41, 5.74) is 0.329. The molecule has 0 aliphatic carbocycles. The number of likely N-dealkylation sites (N-methyl/N-ethyl adjacent to an activating group) is 1. The van der Waals surface area contributed by atoms with E-state index in [0.29, 0.717) is 25.3 Å². The normalized spacial score (nSPS) is 10.1. The van der Waals surface area contributed by atoms with Crippen molar-refractivity contribution < 1.29 is 14.3 Å². The van der Waals surface area contributed by atoms with Crippen LogP contribution in [0.25, 0.3) is 0 Å². The van der Waals surface area contributed by atoms with Crippen LogP contribution in [0.1, 0.15) is 0 Å². The summed E-state index contributed by atoms with van der Waals surface area (Å²) in [5.74, 6) is -0.402. The van der Waals surface area contributed by atoms with Crippen LogP contribution in [0.5, 0.6) is 0 Å². The predicted molar refractivity (Wildman–Crippen MR) is 59.7 cm³/mol. The highest BCUT2D eigenvalue weighted by Gasteiger charge is 2.07. The second-order valence-corrected chi connectivity index (χ2v) is 3.35. The van der Waals surface area contributed by atoms with Gasteiger partial charge in [0.05, 0.1) is 18.8 Å². The summed E-state index contributed by atoms with van der Waals surface area (Å²) in [6, 6.07) is 0. The van der Waals surface area contributed by atoms with Gasteiger partial charge in [0.25, 0.3) is 0 Å². The van der Waals surface area contributed by atoms with Crippen molar-refractivity contribution in [3.63, 3.8) is 0 Å². The molecule has 0 aliphatic rings. The molecule has 0 atom stereocenters. The first-order valence-corrected chi connectivity index (χ1v) is 4.76.